The van der Waals surface area contributed by atoms with Gasteiger partial charge in [-0.25, -0.2) is 0 Å². The van der Waals surface area contributed by atoms with Crippen LogP contribution in [0.2, 0.25) is 0 Å². The van der Waals surface area contributed by atoms with Crippen LogP contribution in [0.15, 0.2) is 24.3 Å². The quantitative estimate of drug-likeness (QED) is 0.660. The largest absolute Gasteiger partial charge is 0.382 e. The first-order valence-electron chi connectivity index (χ1n) is 8.07. The summed E-state index contributed by atoms with van der Waals surface area (Å²) in [5, 5.41) is 10.8. The van der Waals surface area contributed by atoms with Crippen molar-refractivity contribution in [2.24, 2.45) is 0 Å². The Hall–Kier alpha value is -1.15. The predicted octanol–water partition coefficient (Wildman–Crippen LogP) is 4.22. The smallest absolute Gasteiger partial charge is 0.194 e. The van der Waals surface area contributed by atoms with E-state index < -0.39 is 5.60 Å². The van der Waals surface area contributed by atoms with Crippen LogP contribution < -0.4 is 0 Å². The minimum absolute atomic E-state index is 0.0260. The molecule has 0 radical (unpaired) electrons. The van der Waals surface area contributed by atoms with Crippen molar-refractivity contribution in [3.8, 4) is 0 Å². The Labute approximate surface area is 121 Å². The van der Waals surface area contributed by atoms with E-state index in [-0.39, 0.29) is 5.78 Å². The summed E-state index contributed by atoms with van der Waals surface area (Å²) in [4.78, 5) is 12.9. The van der Waals surface area contributed by atoms with E-state index in [0.29, 0.717) is 18.8 Å². The number of hydrogen-bond donors (Lipinski definition) is 1. The van der Waals surface area contributed by atoms with Gasteiger partial charge in [0.25, 0.3) is 0 Å². The summed E-state index contributed by atoms with van der Waals surface area (Å²) in [5.41, 5.74) is 0.833. The number of rotatable bonds is 3. The maximum atomic E-state index is 12.9. The zero-order valence-corrected chi connectivity index (χ0v) is 12.1. The molecule has 1 aromatic carbocycles. The molecule has 0 saturated heterocycles. The fraction of sp³-hybridized carbons (Fsp3) is 0.611. The van der Waals surface area contributed by atoms with Crippen LogP contribution in [-0.2, 0) is 0 Å². The van der Waals surface area contributed by atoms with E-state index in [1.165, 1.54) is 24.8 Å². The summed E-state index contributed by atoms with van der Waals surface area (Å²) in [6.45, 7) is 0. The molecule has 0 atom stereocenters. The van der Waals surface area contributed by atoms with Gasteiger partial charge in [0.1, 0.15) is 5.60 Å². The molecule has 0 amide bonds. The first kappa shape index (κ1) is 13.8. The second kappa shape index (κ2) is 5.69. The number of ketones is 1. The molecule has 1 aromatic rings. The van der Waals surface area contributed by atoms with Gasteiger partial charge >= 0.3 is 0 Å². The van der Waals surface area contributed by atoms with Crippen molar-refractivity contribution in [2.45, 2.75) is 69.3 Å². The summed E-state index contributed by atoms with van der Waals surface area (Å²) >= 11 is 0. The van der Waals surface area contributed by atoms with Crippen LogP contribution in [-0.4, -0.2) is 16.5 Å². The van der Waals surface area contributed by atoms with Gasteiger partial charge in [-0.1, -0.05) is 56.4 Å². The number of benzene rings is 1. The third-order valence-corrected chi connectivity index (χ3v) is 5.10. The van der Waals surface area contributed by atoms with Crippen LogP contribution in [0.4, 0.5) is 0 Å². The summed E-state index contributed by atoms with van der Waals surface area (Å²) in [6, 6.07) is 7.94. The Bertz CT molecular complexity index is 480. The van der Waals surface area contributed by atoms with Gasteiger partial charge in [-0.05, 0) is 37.2 Å². The highest BCUT2D eigenvalue weighted by molar-refractivity contribution is 6.03. The van der Waals surface area contributed by atoms with Gasteiger partial charge in [-0.3, -0.25) is 4.79 Å². The Balaban J connectivity index is 1.89. The molecule has 1 N–H and O–H groups in total. The molecule has 108 valence electrons. The van der Waals surface area contributed by atoms with Crippen LogP contribution >= 0.6 is 0 Å². The molecular formula is C18H24O2. The van der Waals surface area contributed by atoms with Gasteiger partial charge in [0, 0.05) is 5.56 Å². The molecule has 2 heteroatoms. The lowest BCUT2D eigenvalue weighted by atomic mass is 9.75. The van der Waals surface area contributed by atoms with E-state index >= 15 is 0 Å². The Kier molecular flexibility index (Phi) is 3.93. The first-order valence-corrected chi connectivity index (χ1v) is 8.07. The van der Waals surface area contributed by atoms with Gasteiger partial charge in [0.05, 0.1) is 0 Å². The van der Waals surface area contributed by atoms with Gasteiger partial charge in [0.2, 0.25) is 0 Å². The van der Waals surface area contributed by atoms with Crippen molar-refractivity contribution < 1.29 is 9.90 Å². The summed E-state index contributed by atoms with van der Waals surface area (Å²) in [7, 11) is 0. The Morgan fingerprint density at radius 2 is 1.65 bits per heavy atom. The highest BCUT2D eigenvalue weighted by Crippen LogP contribution is 2.40. The molecule has 20 heavy (non-hydrogen) atoms. The SMILES string of the molecule is O=C(c1ccccc1C1CCC1)C1(O)CCCCCC1. The molecule has 0 bridgehead atoms. The Morgan fingerprint density at radius 1 is 1.00 bits per heavy atom. The molecule has 2 nitrogen and oxygen atoms in total. The topological polar surface area (TPSA) is 37.3 Å². The molecule has 0 aromatic heterocycles. The molecule has 0 aliphatic heterocycles. The van der Waals surface area contributed by atoms with Crippen molar-refractivity contribution in [1.29, 1.82) is 0 Å². The van der Waals surface area contributed by atoms with Crippen LogP contribution in [0.5, 0.6) is 0 Å². The van der Waals surface area contributed by atoms with E-state index in [0.717, 1.165) is 31.2 Å². The van der Waals surface area contributed by atoms with E-state index in [4.69, 9.17) is 0 Å². The zero-order chi connectivity index (χ0) is 14.0. The first-order chi connectivity index (χ1) is 9.71. The molecular weight excluding hydrogens is 248 g/mol. The number of aliphatic hydroxyl groups is 1. The maximum Gasteiger partial charge on any atom is 0.194 e. The lowest BCUT2D eigenvalue weighted by Gasteiger charge is -2.31. The fourth-order valence-corrected chi connectivity index (χ4v) is 3.57. The van der Waals surface area contributed by atoms with Gasteiger partial charge in [-0.15, -0.1) is 0 Å². The van der Waals surface area contributed by atoms with E-state index in [9.17, 15) is 9.90 Å². The maximum absolute atomic E-state index is 12.9. The summed E-state index contributed by atoms with van der Waals surface area (Å²) in [5.74, 6) is 0.506. The highest BCUT2D eigenvalue weighted by Gasteiger charge is 2.38. The second-order valence-corrected chi connectivity index (χ2v) is 6.49. The normalized spacial score (nSPS) is 22.9. The number of carbonyl (C=O) groups is 1. The highest BCUT2D eigenvalue weighted by atomic mass is 16.3. The third-order valence-electron chi connectivity index (χ3n) is 5.10. The fourth-order valence-electron chi connectivity index (χ4n) is 3.57. The van der Waals surface area contributed by atoms with Crippen LogP contribution in [0, 0.1) is 0 Å². The van der Waals surface area contributed by atoms with E-state index in [1.54, 1.807) is 0 Å². The van der Waals surface area contributed by atoms with Crippen molar-refractivity contribution in [3.05, 3.63) is 35.4 Å². The standard InChI is InChI=1S/C18H24O2/c19-17(18(20)12-5-1-2-6-13-18)16-11-4-3-10-15(16)14-8-7-9-14/h3-4,10-11,14,20H,1-2,5-9,12-13H2. The van der Waals surface area contributed by atoms with Crippen LogP contribution in [0.3, 0.4) is 0 Å². The van der Waals surface area contributed by atoms with E-state index in [2.05, 4.69) is 6.07 Å². The zero-order valence-electron chi connectivity index (χ0n) is 12.1. The number of Topliss-reactive ketones (excluding diaryl/α,β-unsaturated/α-hetero) is 1. The van der Waals surface area contributed by atoms with Crippen molar-refractivity contribution in [3.63, 3.8) is 0 Å². The van der Waals surface area contributed by atoms with Gasteiger partial charge < -0.3 is 5.11 Å². The number of carbonyl (C=O) groups excluding carboxylic acids is 1. The summed E-state index contributed by atoms with van der Waals surface area (Å²) in [6.07, 6.45) is 9.10. The van der Waals surface area contributed by atoms with Crippen LogP contribution in [0.25, 0.3) is 0 Å². The molecule has 0 heterocycles. The molecule has 2 aliphatic carbocycles. The predicted molar refractivity (Wildman–Crippen MR) is 80.0 cm³/mol. The van der Waals surface area contributed by atoms with Gasteiger partial charge in [0.15, 0.2) is 5.78 Å². The average Bonchev–Trinajstić information content (AvgIpc) is 2.63. The second-order valence-electron chi connectivity index (χ2n) is 6.49. The lowest BCUT2D eigenvalue weighted by molar-refractivity contribution is 0.0236. The monoisotopic (exact) mass is 272 g/mol. The molecule has 0 unspecified atom stereocenters. The van der Waals surface area contributed by atoms with Gasteiger partial charge in [-0.2, -0.15) is 0 Å². The molecule has 3 rings (SSSR count). The summed E-state index contributed by atoms with van der Waals surface area (Å²) < 4.78 is 0. The Morgan fingerprint density at radius 3 is 2.25 bits per heavy atom. The lowest BCUT2D eigenvalue weighted by Crippen LogP contribution is -2.39. The number of hydrogen-bond acceptors (Lipinski definition) is 2. The average molecular weight is 272 g/mol. The third kappa shape index (κ3) is 2.54. The van der Waals surface area contributed by atoms with Crippen molar-refractivity contribution in [2.75, 3.05) is 0 Å². The molecule has 2 fully saturated rings. The van der Waals surface area contributed by atoms with Crippen molar-refractivity contribution in [1.82, 2.24) is 0 Å². The minimum atomic E-state index is -1.11. The van der Waals surface area contributed by atoms with Crippen LogP contribution in [0.1, 0.15) is 79.6 Å². The molecule has 2 aliphatic rings. The van der Waals surface area contributed by atoms with Crippen molar-refractivity contribution >= 4 is 5.78 Å². The molecule has 0 spiro atoms. The minimum Gasteiger partial charge on any atom is -0.382 e. The van der Waals surface area contributed by atoms with E-state index in [1.807, 2.05) is 18.2 Å². The molecule has 2 saturated carbocycles.